The summed E-state index contributed by atoms with van der Waals surface area (Å²) in [7, 11) is -1.28. The van der Waals surface area contributed by atoms with Gasteiger partial charge in [-0.05, 0) is 24.1 Å². The standard InChI is InChI=1S/C15H16N4O3S2/c1-22-12-4-2-10(3-5-12)8-13-16-17-15-19(13)18-14(23-15)11-6-7-24(20,21)9-11/h2-5,11H,6-9H2,1H3/t11-/m0/s1. The van der Waals surface area contributed by atoms with Gasteiger partial charge in [0.25, 0.3) is 0 Å². The van der Waals surface area contributed by atoms with Crippen LogP contribution in [0.1, 0.15) is 28.7 Å². The third-order valence-electron chi connectivity index (χ3n) is 4.17. The zero-order valence-electron chi connectivity index (χ0n) is 13.0. The average Bonchev–Trinajstić information content (AvgIpc) is 3.23. The van der Waals surface area contributed by atoms with Crippen LogP contribution in [-0.4, -0.2) is 46.8 Å². The molecule has 126 valence electrons. The quantitative estimate of drug-likeness (QED) is 0.700. The van der Waals surface area contributed by atoms with Gasteiger partial charge in [-0.3, -0.25) is 0 Å². The fraction of sp³-hybridized carbons (Fsp3) is 0.400. The number of benzene rings is 1. The summed E-state index contributed by atoms with van der Waals surface area (Å²) in [6.45, 7) is 0. The maximum Gasteiger partial charge on any atom is 0.234 e. The van der Waals surface area contributed by atoms with Gasteiger partial charge in [-0.2, -0.15) is 9.61 Å². The van der Waals surface area contributed by atoms with Gasteiger partial charge in [0.15, 0.2) is 15.7 Å². The van der Waals surface area contributed by atoms with E-state index in [1.165, 1.54) is 11.3 Å². The van der Waals surface area contributed by atoms with E-state index in [0.29, 0.717) is 17.8 Å². The maximum atomic E-state index is 11.7. The highest BCUT2D eigenvalue weighted by Gasteiger charge is 2.32. The molecule has 3 heterocycles. The van der Waals surface area contributed by atoms with Crippen molar-refractivity contribution in [1.29, 1.82) is 0 Å². The highest BCUT2D eigenvalue weighted by molar-refractivity contribution is 7.91. The van der Waals surface area contributed by atoms with E-state index in [0.717, 1.165) is 22.1 Å². The van der Waals surface area contributed by atoms with Crippen molar-refractivity contribution < 1.29 is 13.2 Å². The summed E-state index contributed by atoms with van der Waals surface area (Å²) < 4.78 is 30.2. The number of hydrogen-bond acceptors (Lipinski definition) is 7. The van der Waals surface area contributed by atoms with Gasteiger partial charge in [-0.1, -0.05) is 23.5 Å². The first kappa shape index (κ1) is 15.5. The molecule has 24 heavy (non-hydrogen) atoms. The summed E-state index contributed by atoms with van der Waals surface area (Å²) in [5.41, 5.74) is 1.09. The number of aromatic nitrogens is 4. The van der Waals surface area contributed by atoms with Crippen LogP contribution in [0.2, 0.25) is 0 Å². The van der Waals surface area contributed by atoms with Gasteiger partial charge in [-0.15, -0.1) is 10.2 Å². The number of methoxy groups -OCH3 is 1. The molecule has 9 heteroatoms. The van der Waals surface area contributed by atoms with Crippen molar-refractivity contribution in [2.75, 3.05) is 18.6 Å². The lowest BCUT2D eigenvalue weighted by Gasteiger charge is -2.02. The van der Waals surface area contributed by atoms with Gasteiger partial charge in [0.05, 0.1) is 18.6 Å². The molecule has 0 bridgehead atoms. The number of nitrogens with zero attached hydrogens (tertiary/aromatic N) is 4. The minimum Gasteiger partial charge on any atom is -0.497 e. The summed E-state index contributed by atoms with van der Waals surface area (Å²) in [5, 5.41) is 13.8. The van der Waals surface area contributed by atoms with E-state index in [1.54, 1.807) is 11.6 Å². The van der Waals surface area contributed by atoms with Crippen LogP contribution in [0.4, 0.5) is 0 Å². The maximum absolute atomic E-state index is 11.7. The number of fused-ring (bicyclic) bond motifs is 1. The Labute approximate surface area is 143 Å². The first-order valence-electron chi connectivity index (χ1n) is 7.58. The second-order valence-electron chi connectivity index (χ2n) is 5.88. The minimum absolute atomic E-state index is 0.0180. The highest BCUT2D eigenvalue weighted by Crippen LogP contribution is 2.31. The summed E-state index contributed by atoms with van der Waals surface area (Å²) in [6.07, 6.45) is 1.25. The Balaban J connectivity index is 1.60. The van der Waals surface area contributed by atoms with E-state index in [1.807, 2.05) is 24.3 Å². The van der Waals surface area contributed by atoms with Gasteiger partial charge in [-0.25, -0.2) is 8.42 Å². The van der Waals surface area contributed by atoms with Crippen molar-refractivity contribution in [1.82, 2.24) is 19.8 Å². The molecular formula is C15H16N4O3S2. The highest BCUT2D eigenvalue weighted by atomic mass is 32.2. The van der Waals surface area contributed by atoms with Crippen molar-refractivity contribution in [3.63, 3.8) is 0 Å². The zero-order chi connectivity index (χ0) is 16.7. The van der Waals surface area contributed by atoms with E-state index < -0.39 is 9.84 Å². The Hall–Kier alpha value is -2.00. The van der Waals surface area contributed by atoms with Gasteiger partial charge < -0.3 is 4.74 Å². The molecule has 7 nitrogen and oxygen atoms in total. The van der Waals surface area contributed by atoms with E-state index >= 15 is 0 Å². The molecule has 2 aromatic heterocycles. The normalized spacial score (nSPS) is 19.8. The second kappa shape index (κ2) is 5.82. The van der Waals surface area contributed by atoms with Crippen LogP contribution in [0, 0.1) is 0 Å². The average molecular weight is 364 g/mol. The Morgan fingerprint density at radius 3 is 2.75 bits per heavy atom. The molecule has 1 aliphatic rings. The van der Waals surface area contributed by atoms with Crippen LogP contribution in [0.5, 0.6) is 5.75 Å². The largest absolute Gasteiger partial charge is 0.497 e. The van der Waals surface area contributed by atoms with Crippen molar-refractivity contribution in [3.05, 3.63) is 40.7 Å². The molecule has 0 unspecified atom stereocenters. The Kier molecular flexibility index (Phi) is 3.76. The predicted octanol–water partition coefficient (Wildman–Crippen LogP) is 1.69. The molecule has 3 aromatic rings. The third kappa shape index (κ3) is 2.89. The predicted molar refractivity (Wildman–Crippen MR) is 90.5 cm³/mol. The van der Waals surface area contributed by atoms with E-state index in [-0.39, 0.29) is 17.4 Å². The summed E-state index contributed by atoms with van der Waals surface area (Å²) in [6, 6.07) is 7.78. The Bertz CT molecular complexity index is 976. The molecule has 0 radical (unpaired) electrons. The van der Waals surface area contributed by atoms with E-state index in [2.05, 4.69) is 15.3 Å². The first-order valence-corrected chi connectivity index (χ1v) is 10.2. The van der Waals surface area contributed by atoms with Crippen LogP contribution < -0.4 is 4.74 Å². The molecule has 0 spiro atoms. The fourth-order valence-electron chi connectivity index (χ4n) is 2.86. The third-order valence-corrected chi connectivity index (χ3v) is 7.00. The van der Waals surface area contributed by atoms with Crippen LogP contribution in [0.25, 0.3) is 4.96 Å². The van der Waals surface area contributed by atoms with Crippen molar-refractivity contribution in [2.24, 2.45) is 0 Å². The van der Waals surface area contributed by atoms with Gasteiger partial charge in [0, 0.05) is 12.3 Å². The molecular weight excluding hydrogens is 348 g/mol. The van der Waals surface area contributed by atoms with Crippen LogP contribution >= 0.6 is 11.3 Å². The topological polar surface area (TPSA) is 86.5 Å². The number of rotatable bonds is 4. The molecule has 1 atom stereocenters. The lowest BCUT2D eigenvalue weighted by atomic mass is 10.1. The van der Waals surface area contributed by atoms with Gasteiger partial charge >= 0.3 is 0 Å². The number of ether oxygens (including phenoxy) is 1. The lowest BCUT2D eigenvalue weighted by Crippen LogP contribution is -2.05. The van der Waals surface area contributed by atoms with Crippen LogP contribution in [-0.2, 0) is 16.3 Å². The number of hydrogen-bond donors (Lipinski definition) is 0. The van der Waals surface area contributed by atoms with Gasteiger partial charge in [0.2, 0.25) is 4.96 Å². The lowest BCUT2D eigenvalue weighted by molar-refractivity contribution is 0.414. The van der Waals surface area contributed by atoms with Crippen LogP contribution in [0.15, 0.2) is 24.3 Å². The number of sulfone groups is 1. The van der Waals surface area contributed by atoms with Crippen molar-refractivity contribution in [2.45, 2.75) is 18.8 Å². The summed E-state index contributed by atoms with van der Waals surface area (Å²) >= 11 is 1.43. The monoisotopic (exact) mass is 364 g/mol. The zero-order valence-corrected chi connectivity index (χ0v) is 14.7. The fourth-order valence-corrected chi connectivity index (χ4v) is 5.71. The molecule has 1 aliphatic heterocycles. The van der Waals surface area contributed by atoms with Crippen molar-refractivity contribution >= 4 is 26.1 Å². The molecule has 0 N–H and O–H groups in total. The first-order chi connectivity index (χ1) is 11.5. The SMILES string of the molecule is COc1ccc(Cc2nnc3sc([C@H]4CCS(=O)(=O)C4)nn23)cc1. The van der Waals surface area contributed by atoms with Crippen LogP contribution in [0.3, 0.4) is 0 Å². The molecule has 0 aliphatic carbocycles. The van der Waals surface area contributed by atoms with E-state index in [9.17, 15) is 8.42 Å². The second-order valence-corrected chi connectivity index (χ2v) is 9.09. The molecule has 1 aromatic carbocycles. The molecule has 0 amide bonds. The Morgan fingerprint density at radius 2 is 2.08 bits per heavy atom. The molecule has 1 fully saturated rings. The Morgan fingerprint density at radius 1 is 1.29 bits per heavy atom. The molecule has 1 saturated heterocycles. The van der Waals surface area contributed by atoms with Crippen molar-refractivity contribution in [3.8, 4) is 5.75 Å². The summed E-state index contributed by atoms with van der Waals surface area (Å²) in [5.74, 6) is 1.97. The van der Waals surface area contributed by atoms with E-state index in [4.69, 9.17) is 4.74 Å². The molecule has 4 rings (SSSR count). The van der Waals surface area contributed by atoms with Gasteiger partial charge in [0.1, 0.15) is 10.8 Å². The summed E-state index contributed by atoms with van der Waals surface area (Å²) in [4.78, 5) is 0.706. The molecule has 0 saturated carbocycles. The minimum atomic E-state index is -2.92. The smallest absolute Gasteiger partial charge is 0.234 e.